The first-order valence-corrected chi connectivity index (χ1v) is 5.62. The van der Waals surface area contributed by atoms with Gasteiger partial charge in [0.15, 0.2) is 0 Å². The molecule has 2 heterocycles. The fourth-order valence-electron chi connectivity index (χ4n) is 2.02. The van der Waals surface area contributed by atoms with Gasteiger partial charge in [-0.15, -0.1) is 0 Å². The number of aromatic amines is 1. The van der Waals surface area contributed by atoms with Crippen molar-refractivity contribution in [2.24, 2.45) is 0 Å². The predicted octanol–water partition coefficient (Wildman–Crippen LogP) is 0.656. The van der Waals surface area contributed by atoms with Crippen LogP contribution in [0.15, 0.2) is 52.3 Å². The van der Waals surface area contributed by atoms with Crippen molar-refractivity contribution >= 4 is 16.6 Å². The molecule has 0 saturated carbocycles. The molecule has 0 aliphatic rings. The minimum Gasteiger partial charge on any atom is -0.398 e. The summed E-state index contributed by atoms with van der Waals surface area (Å²) >= 11 is 0. The minimum atomic E-state index is -0.505. The highest BCUT2D eigenvalue weighted by atomic mass is 16.2. The molecule has 0 unspecified atom stereocenters. The summed E-state index contributed by atoms with van der Waals surface area (Å²) in [6.07, 6.45) is 3.03. The number of nitrogen functional groups attached to an aromatic ring is 1. The lowest BCUT2D eigenvalue weighted by Crippen LogP contribution is -2.33. The van der Waals surface area contributed by atoms with E-state index in [-0.39, 0.29) is 0 Å². The Balaban J connectivity index is 2.49. The Morgan fingerprint density at radius 2 is 1.84 bits per heavy atom. The molecule has 0 amide bonds. The van der Waals surface area contributed by atoms with Gasteiger partial charge in [-0.2, -0.15) is 0 Å². The second-order valence-corrected chi connectivity index (χ2v) is 4.05. The maximum atomic E-state index is 12.4. The Bertz CT molecular complexity index is 865. The molecule has 0 aliphatic heterocycles. The quantitative estimate of drug-likeness (QED) is 0.624. The Labute approximate surface area is 107 Å². The highest BCUT2D eigenvalue weighted by Crippen LogP contribution is 2.13. The van der Waals surface area contributed by atoms with Crippen molar-refractivity contribution in [3.05, 3.63) is 63.6 Å². The van der Waals surface area contributed by atoms with Crippen LogP contribution in [0, 0.1) is 0 Å². The van der Waals surface area contributed by atoms with Gasteiger partial charge in [0.2, 0.25) is 0 Å². The van der Waals surface area contributed by atoms with E-state index in [0.717, 1.165) is 4.57 Å². The van der Waals surface area contributed by atoms with Crippen LogP contribution in [0.4, 0.5) is 5.69 Å². The number of rotatable bonds is 1. The van der Waals surface area contributed by atoms with E-state index in [9.17, 15) is 9.59 Å². The van der Waals surface area contributed by atoms with E-state index in [1.807, 2.05) is 0 Å². The summed E-state index contributed by atoms with van der Waals surface area (Å²) in [5.41, 5.74) is 6.08. The topological polar surface area (TPSA) is 93.8 Å². The first-order valence-electron chi connectivity index (χ1n) is 5.62. The van der Waals surface area contributed by atoms with Crippen LogP contribution in [-0.2, 0) is 0 Å². The predicted molar refractivity (Wildman–Crippen MR) is 72.4 cm³/mol. The monoisotopic (exact) mass is 254 g/mol. The summed E-state index contributed by atoms with van der Waals surface area (Å²) in [6, 6.07) is 8.12. The molecule has 3 aromatic rings. The number of pyridine rings is 1. The first-order chi connectivity index (χ1) is 9.18. The molecular weight excluding hydrogens is 244 g/mol. The van der Waals surface area contributed by atoms with Gasteiger partial charge in [0.05, 0.1) is 16.6 Å². The Morgan fingerprint density at radius 1 is 1.11 bits per heavy atom. The Morgan fingerprint density at radius 3 is 2.58 bits per heavy atom. The second-order valence-electron chi connectivity index (χ2n) is 4.05. The average Bonchev–Trinajstić information content (AvgIpc) is 2.39. The van der Waals surface area contributed by atoms with Crippen LogP contribution >= 0.6 is 0 Å². The van der Waals surface area contributed by atoms with E-state index in [0.29, 0.717) is 22.3 Å². The molecule has 19 heavy (non-hydrogen) atoms. The molecule has 0 bridgehead atoms. The van der Waals surface area contributed by atoms with Crippen molar-refractivity contribution in [3.63, 3.8) is 0 Å². The van der Waals surface area contributed by atoms with E-state index >= 15 is 0 Å². The van der Waals surface area contributed by atoms with Crippen molar-refractivity contribution in [3.8, 4) is 5.69 Å². The van der Waals surface area contributed by atoms with Gasteiger partial charge >= 0.3 is 5.69 Å². The zero-order chi connectivity index (χ0) is 13.4. The van der Waals surface area contributed by atoms with Gasteiger partial charge in [-0.3, -0.25) is 9.78 Å². The van der Waals surface area contributed by atoms with Gasteiger partial charge in [0, 0.05) is 18.1 Å². The average molecular weight is 254 g/mol. The summed E-state index contributed by atoms with van der Waals surface area (Å²) < 4.78 is 1.04. The zero-order valence-electron chi connectivity index (χ0n) is 9.83. The molecule has 2 aromatic heterocycles. The molecule has 6 nitrogen and oxygen atoms in total. The van der Waals surface area contributed by atoms with Crippen molar-refractivity contribution in [1.82, 2.24) is 14.5 Å². The lowest BCUT2D eigenvalue weighted by Gasteiger charge is -2.07. The molecule has 0 atom stereocenters. The van der Waals surface area contributed by atoms with E-state index in [2.05, 4.69) is 9.97 Å². The lowest BCUT2D eigenvalue weighted by molar-refractivity contribution is 0.899. The van der Waals surface area contributed by atoms with Gasteiger partial charge in [0.25, 0.3) is 5.56 Å². The van der Waals surface area contributed by atoms with Crippen LogP contribution < -0.4 is 17.0 Å². The van der Waals surface area contributed by atoms with Gasteiger partial charge in [-0.05, 0) is 24.3 Å². The normalized spacial score (nSPS) is 10.7. The fourth-order valence-corrected chi connectivity index (χ4v) is 2.02. The third-order valence-corrected chi connectivity index (χ3v) is 2.88. The maximum Gasteiger partial charge on any atom is 0.333 e. The fraction of sp³-hybridized carbons (Fsp3) is 0. The number of aromatic nitrogens is 3. The van der Waals surface area contributed by atoms with Crippen LogP contribution in [0.3, 0.4) is 0 Å². The van der Waals surface area contributed by atoms with Crippen LogP contribution in [0.5, 0.6) is 0 Å². The summed E-state index contributed by atoms with van der Waals surface area (Å²) in [5.74, 6) is 0. The van der Waals surface area contributed by atoms with E-state index < -0.39 is 11.2 Å². The molecule has 3 N–H and O–H groups in total. The molecule has 0 radical (unpaired) electrons. The summed E-state index contributed by atoms with van der Waals surface area (Å²) in [5, 5.41) is 0.305. The van der Waals surface area contributed by atoms with Gasteiger partial charge < -0.3 is 10.7 Å². The molecule has 0 saturated heterocycles. The molecule has 6 heteroatoms. The SMILES string of the molecule is Nc1cccc2[nH]c(=O)n(-c3ccncc3)c(=O)c12. The lowest BCUT2D eigenvalue weighted by atomic mass is 10.2. The van der Waals surface area contributed by atoms with Crippen molar-refractivity contribution < 1.29 is 0 Å². The molecule has 0 aliphatic carbocycles. The molecule has 3 rings (SSSR count). The summed E-state index contributed by atoms with van der Waals surface area (Å²) in [7, 11) is 0. The molecular formula is C13H10N4O2. The number of nitrogens with one attached hydrogen (secondary N) is 1. The summed E-state index contributed by atoms with van der Waals surface area (Å²) in [4.78, 5) is 30.9. The van der Waals surface area contributed by atoms with Crippen LogP contribution in [0.1, 0.15) is 0 Å². The molecule has 0 fully saturated rings. The highest BCUT2D eigenvalue weighted by molar-refractivity contribution is 5.89. The van der Waals surface area contributed by atoms with Gasteiger partial charge in [-0.1, -0.05) is 6.07 Å². The van der Waals surface area contributed by atoms with Gasteiger partial charge in [-0.25, -0.2) is 9.36 Å². The van der Waals surface area contributed by atoms with E-state index in [4.69, 9.17) is 5.73 Å². The summed E-state index contributed by atoms with van der Waals surface area (Å²) in [6.45, 7) is 0. The smallest absolute Gasteiger partial charge is 0.333 e. The van der Waals surface area contributed by atoms with Crippen LogP contribution in [0.25, 0.3) is 16.6 Å². The van der Waals surface area contributed by atoms with Crippen LogP contribution in [0.2, 0.25) is 0 Å². The second kappa shape index (κ2) is 4.09. The number of H-pyrrole nitrogens is 1. The maximum absolute atomic E-state index is 12.4. The zero-order valence-corrected chi connectivity index (χ0v) is 9.83. The minimum absolute atomic E-state index is 0.305. The Kier molecular flexibility index (Phi) is 2.42. The number of anilines is 1. The third kappa shape index (κ3) is 1.70. The third-order valence-electron chi connectivity index (χ3n) is 2.88. The molecule has 94 valence electrons. The Hall–Kier alpha value is -2.89. The van der Waals surface area contributed by atoms with Crippen molar-refractivity contribution in [2.45, 2.75) is 0 Å². The van der Waals surface area contributed by atoms with E-state index in [1.54, 1.807) is 30.3 Å². The standard InChI is InChI=1S/C13H10N4O2/c14-9-2-1-3-10-11(9)12(18)17(13(19)16-10)8-4-6-15-7-5-8/h1-7H,14H2,(H,16,19). The number of fused-ring (bicyclic) bond motifs is 1. The van der Waals surface area contributed by atoms with Crippen molar-refractivity contribution in [1.29, 1.82) is 0 Å². The first kappa shape index (κ1) is 11.2. The van der Waals surface area contributed by atoms with E-state index in [1.165, 1.54) is 12.4 Å². The number of hydrogen-bond donors (Lipinski definition) is 2. The molecule has 0 spiro atoms. The van der Waals surface area contributed by atoms with Gasteiger partial charge in [0.1, 0.15) is 0 Å². The number of nitrogens with zero attached hydrogens (tertiary/aromatic N) is 2. The number of nitrogens with two attached hydrogens (primary N) is 1. The van der Waals surface area contributed by atoms with Crippen LogP contribution in [-0.4, -0.2) is 14.5 Å². The number of benzene rings is 1. The largest absolute Gasteiger partial charge is 0.398 e. The highest BCUT2D eigenvalue weighted by Gasteiger charge is 2.10. The molecule has 1 aromatic carbocycles. The van der Waals surface area contributed by atoms with Crippen molar-refractivity contribution in [2.75, 3.05) is 5.73 Å². The number of hydrogen-bond acceptors (Lipinski definition) is 4.